The molecule has 0 N–H and O–H groups in total. The van der Waals surface area contributed by atoms with Gasteiger partial charge in [0, 0.05) is 13.1 Å². The highest BCUT2D eigenvalue weighted by Gasteiger charge is 2.51. The number of anilines is 1. The molecule has 31 heavy (non-hydrogen) atoms. The number of hydrogen-bond donors (Lipinski definition) is 0. The Kier molecular flexibility index (Phi) is 5.79. The number of rotatable bonds is 4. The molecule has 0 aromatic heterocycles. The number of alkyl halides is 3. The Morgan fingerprint density at radius 2 is 1.94 bits per heavy atom. The Morgan fingerprint density at radius 1 is 1.26 bits per heavy atom. The zero-order chi connectivity index (χ0) is 23.1. The summed E-state index contributed by atoms with van der Waals surface area (Å²) in [5.41, 5.74) is -2.94. The summed E-state index contributed by atoms with van der Waals surface area (Å²) in [5, 5.41) is -0.588. The molecule has 1 aliphatic heterocycles. The minimum atomic E-state index is -4.78. The van der Waals surface area contributed by atoms with Gasteiger partial charge in [0.25, 0.3) is 11.5 Å². The minimum absolute atomic E-state index is 0.0243. The van der Waals surface area contributed by atoms with Crippen molar-refractivity contribution in [1.82, 2.24) is 0 Å². The first kappa shape index (κ1) is 22.7. The molecule has 6 nitrogen and oxygen atoms in total. The normalized spacial score (nSPS) is 18.3. The molecule has 2 aromatic rings. The van der Waals surface area contributed by atoms with E-state index in [4.69, 9.17) is 25.8 Å². The lowest BCUT2D eigenvalue weighted by molar-refractivity contribution is -0.166. The van der Waals surface area contributed by atoms with Crippen molar-refractivity contribution in [2.75, 3.05) is 18.6 Å². The first-order valence-electron chi connectivity index (χ1n) is 8.91. The van der Waals surface area contributed by atoms with Gasteiger partial charge >= 0.3 is 12.1 Å². The Morgan fingerprint density at radius 3 is 2.52 bits per heavy atom. The molecule has 0 saturated heterocycles. The number of ether oxygens (including phenoxy) is 3. The second-order valence-corrected chi connectivity index (χ2v) is 7.13. The van der Waals surface area contributed by atoms with Gasteiger partial charge in [-0.25, -0.2) is 9.18 Å². The second-order valence-electron chi connectivity index (χ2n) is 6.72. The van der Waals surface area contributed by atoms with Crippen molar-refractivity contribution in [3.05, 3.63) is 46.7 Å². The number of nitrogens with zero attached hydrogens (tertiary/aromatic N) is 1. The van der Waals surface area contributed by atoms with E-state index < -0.39 is 45.8 Å². The minimum Gasteiger partial charge on any atom is -0.463 e. The van der Waals surface area contributed by atoms with E-state index in [1.807, 2.05) is 0 Å². The monoisotopic (exact) mass is 461 g/mol. The lowest BCUT2D eigenvalue weighted by Crippen LogP contribution is -2.58. The van der Waals surface area contributed by atoms with Crippen LogP contribution in [0.25, 0.3) is 0 Å². The highest BCUT2D eigenvalue weighted by atomic mass is 35.5. The number of fused-ring (bicyclic) bond motifs is 1. The van der Waals surface area contributed by atoms with Gasteiger partial charge in [0.1, 0.15) is 11.5 Å². The van der Waals surface area contributed by atoms with E-state index in [0.29, 0.717) is 6.07 Å². The van der Waals surface area contributed by atoms with Crippen molar-refractivity contribution >= 4 is 29.2 Å². The van der Waals surface area contributed by atoms with E-state index in [-0.39, 0.29) is 29.9 Å². The number of esters is 1. The molecule has 0 aliphatic carbocycles. The van der Waals surface area contributed by atoms with E-state index in [0.717, 1.165) is 0 Å². The fourth-order valence-corrected chi connectivity index (χ4v) is 3.19. The molecule has 0 radical (unpaired) electrons. The lowest BCUT2D eigenvalue weighted by atomic mass is 10.0. The number of benzene rings is 2. The number of amides is 1. The van der Waals surface area contributed by atoms with E-state index in [1.54, 1.807) is 6.92 Å². The molecule has 0 fully saturated rings. The predicted octanol–water partition coefficient (Wildman–Crippen LogP) is 4.97. The molecule has 2 aromatic carbocycles. The van der Waals surface area contributed by atoms with Crippen LogP contribution in [-0.2, 0) is 20.5 Å². The van der Waals surface area contributed by atoms with Gasteiger partial charge < -0.3 is 19.1 Å². The molecule has 0 spiro atoms. The number of carbonyl (C=O) groups is 2. The molecule has 11 heteroatoms. The van der Waals surface area contributed by atoms with E-state index in [1.165, 1.54) is 37.1 Å². The van der Waals surface area contributed by atoms with Gasteiger partial charge in [0.05, 0.1) is 22.9 Å². The fourth-order valence-electron chi connectivity index (χ4n) is 2.95. The maximum absolute atomic E-state index is 14.2. The summed E-state index contributed by atoms with van der Waals surface area (Å²) in [6.07, 6.45) is -4.78. The third kappa shape index (κ3) is 4.12. The summed E-state index contributed by atoms with van der Waals surface area (Å²) >= 11 is 5.79. The van der Waals surface area contributed by atoms with Gasteiger partial charge in [-0.05, 0) is 38.1 Å². The second kappa shape index (κ2) is 7.92. The van der Waals surface area contributed by atoms with Gasteiger partial charge in [-0.15, -0.1) is 0 Å². The third-order valence-electron chi connectivity index (χ3n) is 4.53. The first-order chi connectivity index (χ1) is 14.4. The quantitative estimate of drug-likeness (QED) is 0.365. The highest BCUT2D eigenvalue weighted by Crippen LogP contribution is 2.43. The van der Waals surface area contributed by atoms with Crippen LogP contribution in [0.4, 0.5) is 23.2 Å². The zero-order valence-electron chi connectivity index (χ0n) is 16.5. The van der Waals surface area contributed by atoms with E-state index >= 15 is 0 Å². The van der Waals surface area contributed by atoms with Gasteiger partial charge in [-0.2, -0.15) is 13.2 Å². The van der Waals surface area contributed by atoms with Crippen LogP contribution in [0, 0.1) is 5.82 Å². The van der Waals surface area contributed by atoms with Crippen LogP contribution < -0.4 is 14.4 Å². The largest absolute Gasteiger partial charge is 0.463 e. The van der Waals surface area contributed by atoms with Gasteiger partial charge in [0.15, 0.2) is 11.6 Å². The van der Waals surface area contributed by atoms with E-state index in [9.17, 15) is 27.2 Å². The summed E-state index contributed by atoms with van der Waals surface area (Å²) in [6.45, 7) is 2.84. The van der Waals surface area contributed by atoms with Gasteiger partial charge in [0.2, 0.25) is 0 Å². The maximum atomic E-state index is 14.2. The average Bonchev–Trinajstić information content (AvgIpc) is 2.68. The summed E-state index contributed by atoms with van der Waals surface area (Å²) in [5.74, 6) is -3.51. The van der Waals surface area contributed by atoms with Crippen LogP contribution in [0.3, 0.4) is 0 Å². The SMILES string of the molecule is CCOC(=O)C1(C)Oc2cc(Oc3c(F)cc(C(F)(F)F)cc3Cl)ccc2N(C)C1=O. The average molecular weight is 462 g/mol. The molecule has 0 saturated carbocycles. The number of likely N-dealkylation sites (N-methyl/N-ethyl adjacent to an activating group) is 1. The van der Waals surface area contributed by atoms with Crippen LogP contribution in [0.5, 0.6) is 17.2 Å². The number of carbonyl (C=O) groups excluding carboxylic acids is 2. The topological polar surface area (TPSA) is 65.1 Å². The van der Waals surface area contributed by atoms with Gasteiger partial charge in [-0.1, -0.05) is 11.6 Å². The van der Waals surface area contributed by atoms with Crippen LogP contribution >= 0.6 is 11.6 Å². The Hall–Kier alpha value is -3.01. The van der Waals surface area contributed by atoms with Gasteiger partial charge in [-0.3, -0.25) is 4.79 Å². The Bertz CT molecular complexity index is 1040. The van der Waals surface area contributed by atoms with Crippen molar-refractivity contribution in [2.45, 2.75) is 25.6 Å². The summed E-state index contributed by atoms with van der Waals surface area (Å²) in [4.78, 5) is 26.1. The Labute approximate surface area is 179 Å². The molecule has 1 unspecified atom stereocenters. The standard InChI is InChI=1S/C20H16ClF4NO5/c1-4-29-18(28)19(2)17(27)26(3)14-6-5-11(9-15(14)31-19)30-16-12(21)7-10(8-13(16)22)20(23,24)25/h5-9H,4H2,1-3H3. The van der Waals surface area contributed by atoms with Crippen molar-refractivity contribution in [3.63, 3.8) is 0 Å². The number of halogens is 5. The highest BCUT2D eigenvalue weighted by molar-refractivity contribution is 6.32. The molecule has 0 bridgehead atoms. The predicted molar refractivity (Wildman–Crippen MR) is 102 cm³/mol. The Balaban J connectivity index is 1.96. The molecular weight excluding hydrogens is 446 g/mol. The maximum Gasteiger partial charge on any atom is 0.416 e. The molecular formula is C20H16ClF4NO5. The van der Waals surface area contributed by atoms with Crippen LogP contribution in [0.1, 0.15) is 19.4 Å². The van der Waals surface area contributed by atoms with Crippen molar-refractivity contribution in [1.29, 1.82) is 0 Å². The molecule has 1 amide bonds. The van der Waals surface area contributed by atoms with Crippen LogP contribution in [0.2, 0.25) is 5.02 Å². The molecule has 1 aliphatic rings. The zero-order valence-corrected chi connectivity index (χ0v) is 17.2. The summed E-state index contributed by atoms with van der Waals surface area (Å²) in [7, 11) is 1.42. The molecule has 166 valence electrons. The number of hydrogen-bond acceptors (Lipinski definition) is 5. The third-order valence-corrected chi connectivity index (χ3v) is 4.81. The van der Waals surface area contributed by atoms with Crippen molar-refractivity contribution in [2.24, 2.45) is 0 Å². The molecule has 3 rings (SSSR count). The molecule has 1 atom stereocenters. The molecule has 1 heterocycles. The smallest absolute Gasteiger partial charge is 0.416 e. The van der Waals surface area contributed by atoms with Crippen LogP contribution in [-0.4, -0.2) is 31.1 Å². The fraction of sp³-hybridized carbons (Fsp3) is 0.300. The first-order valence-corrected chi connectivity index (χ1v) is 9.28. The lowest BCUT2D eigenvalue weighted by Gasteiger charge is -2.37. The summed E-state index contributed by atoms with van der Waals surface area (Å²) in [6, 6.07) is 4.80. The summed E-state index contributed by atoms with van der Waals surface area (Å²) < 4.78 is 68.5. The van der Waals surface area contributed by atoms with Crippen molar-refractivity contribution < 1.29 is 41.4 Å². The van der Waals surface area contributed by atoms with Crippen LogP contribution in [0.15, 0.2) is 30.3 Å². The van der Waals surface area contributed by atoms with Crippen molar-refractivity contribution in [3.8, 4) is 17.2 Å². The van der Waals surface area contributed by atoms with E-state index in [2.05, 4.69) is 0 Å².